The Kier molecular flexibility index (Phi) is 4.87. The van der Waals surface area contributed by atoms with Gasteiger partial charge in [0.25, 0.3) is 0 Å². The van der Waals surface area contributed by atoms with Crippen molar-refractivity contribution in [1.82, 2.24) is 4.90 Å². The van der Waals surface area contributed by atoms with Crippen LogP contribution in [-0.2, 0) is 17.8 Å². The number of benzene rings is 1. The van der Waals surface area contributed by atoms with E-state index in [0.717, 1.165) is 0 Å². The summed E-state index contributed by atoms with van der Waals surface area (Å²) in [7, 11) is 0. The van der Waals surface area contributed by atoms with Crippen LogP contribution in [0, 0.1) is 5.82 Å². The fourth-order valence-electron chi connectivity index (χ4n) is 2.34. The maximum absolute atomic E-state index is 14.1. The monoisotopic (exact) mass is 268 g/mol. The van der Waals surface area contributed by atoms with Crippen molar-refractivity contribution in [2.24, 2.45) is 5.73 Å². The van der Waals surface area contributed by atoms with Crippen molar-refractivity contribution in [3.05, 3.63) is 35.1 Å². The second-order valence-corrected chi connectivity index (χ2v) is 5.01. The molecule has 4 nitrogen and oxygen atoms in total. The first-order valence-corrected chi connectivity index (χ1v) is 6.58. The number of hydrogen-bond acceptors (Lipinski definition) is 4. The molecule has 1 saturated heterocycles. The van der Waals surface area contributed by atoms with Crippen molar-refractivity contribution in [2.45, 2.75) is 32.2 Å². The normalized spacial score (nSPS) is 24.6. The molecule has 0 amide bonds. The summed E-state index contributed by atoms with van der Waals surface area (Å²) in [5.41, 5.74) is 6.70. The second-order valence-electron chi connectivity index (χ2n) is 5.01. The highest BCUT2D eigenvalue weighted by atomic mass is 19.1. The highest BCUT2D eigenvalue weighted by Gasteiger charge is 2.26. The first-order valence-electron chi connectivity index (χ1n) is 6.58. The van der Waals surface area contributed by atoms with E-state index >= 15 is 0 Å². The molecule has 2 unspecified atom stereocenters. The molecule has 19 heavy (non-hydrogen) atoms. The van der Waals surface area contributed by atoms with E-state index in [-0.39, 0.29) is 31.1 Å². The summed E-state index contributed by atoms with van der Waals surface area (Å²) in [5.74, 6) is -0.218. The largest absolute Gasteiger partial charge is 0.394 e. The van der Waals surface area contributed by atoms with E-state index < -0.39 is 0 Å². The molecule has 1 aromatic rings. The van der Waals surface area contributed by atoms with Gasteiger partial charge in [0.05, 0.1) is 19.3 Å². The Bertz CT molecular complexity index is 428. The lowest BCUT2D eigenvalue weighted by molar-refractivity contribution is -0.0807. The third kappa shape index (κ3) is 3.30. The molecule has 1 aromatic carbocycles. The van der Waals surface area contributed by atoms with Crippen LogP contribution in [0.4, 0.5) is 4.39 Å². The minimum absolute atomic E-state index is 0.00541. The lowest BCUT2D eigenvalue weighted by Crippen LogP contribution is -2.48. The molecule has 1 fully saturated rings. The Labute approximate surface area is 113 Å². The summed E-state index contributed by atoms with van der Waals surface area (Å²) in [4.78, 5) is 2.13. The molecule has 0 aliphatic carbocycles. The third-order valence-electron chi connectivity index (χ3n) is 3.59. The van der Waals surface area contributed by atoms with Crippen molar-refractivity contribution in [1.29, 1.82) is 0 Å². The van der Waals surface area contributed by atoms with Crippen molar-refractivity contribution in [3.63, 3.8) is 0 Å². The van der Waals surface area contributed by atoms with E-state index in [4.69, 9.17) is 15.6 Å². The van der Waals surface area contributed by atoms with Gasteiger partial charge in [-0.25, -0.2) is 4.39 Å². The molecule has 1 aliphatic heterocycles. The molecule has 1 heterocycles. The van der Waals surface area contributed by atoms with Gasteiger partial charge in [0.2, 0.25) is 0 Å². The van der Waals surface area contributed by atoms with Gasteiger partial charge < -0.3 is 15.6 Å². The van der Waals surface area contributed by atoms with Crippen molar-refractivity contribution in [3.8, 4) is 0 Å². The zero-order chi connectivity index (χ0) is 13.8. The molecule has 0 spiro atoms. The van der Waals surface area contributed by atoms with Crippen LogP contribution in [0.25, 0.3) is 0 Å². The van der Waals surface area contributed by atoms with Crippen LogP contribution in [0.3, 0.4) is 0 Å². The van der Waals surface area contributed by atoms with E-state index in [0.29, 0.717) is 30.8 Å². The van der Waals surface area contributed by atoms with Crippen LogP contribution in [0.15, 0.2) is 18.2 Å². The van der Waals surface area contributed by atoms with Gasteiger partial charge in [-0.1, -0.05) is 18.2 Å². The zero-order valence-electron chi connectivity index (χ0n) is 11.2. The summed E-state index contributed by atoms with van der Waals surface area (Å²) in [6, 6.07) is 5.53. The minimum Gasteiger partial charge on any atom is -0.394 e. The molecule has 3 N–H and O–H groups in total. The Morgan fingerprint density at radius 1 is 1.47 bits per heavy atom. The van der Waals surface area contributed by atoms with E-state index in [1.54, 1.807) is 12.1 Å². The molecule has 106 valence electrons. The van der Waals surface area contributed by atoms with E-state index in [9.17, 15) is 4.39 Å². The SMILES string of the molecule is CC1COC(CO)CN1Cc1cccc(CN)c1F. The van der Waals surface area contributed by atoms with Crippen LogP contribution in [-0.4, -0.2) is 41.9 Å². The van der Waals surface area contributed by atoms with Gasteiger partial charge in [0.1, 0.15) is 5.82 Å². The number of hydrogen-bond donors (Lipinski definition) is 2. The Hall–Kier alpha value is -1.01. The Balaban J connectivity index is 2.11. The van der Waals surface area contributed by atoms with Gasteiger partial charge in [-0.2, -0.15) is 0 Å². The number of halogens is 1. The van der Waals surface area contributed by atoms with Gasteiger partial charge in [0.15, 0.2) is 0 Å². The molecule has 0 saturated carbocycles. The number of nitrogens with two attached hydrogens (primary N) is 1. The molecular weight excluding hydrogens is 247 g/mol. The van der Waals surface area contributed by atoms with Crippen LogP contribution in [0.2, 0.25) is 0 Å². The summed E-state index contributed by atoms with van der Waals surface area (Å²) < 4.78 is 19.6. The smallest absolute Gasteiger partial charge is 0.132 e. The second kappa shape index (κ2) is 6.43. The van der Waals surface area contributed by atoms with Gasteiger partial charge >= 0.3 is 0 Å². The predicted octanol–water partition coefficient (Wildman–Crippen LogP) is 0.866. The molecule has 0 aromatic heterocycles. The zero-order valence-corrected chi connectivity index (χ0v) is 11.2. The number of rotatable bonds is 4. The predicted molar refractivity (Wildman–Crippen MR) is 71.0 cm³/mol. The van der Waals surface area contributed by atoms with Gasteiger partial charge in [0, 0.05) is 36.8 Å². The topological polar surface area (TPSA) is 58.7 Å². The van der Waals surface area contributed by atoms with Crippen molar-refractivity contribution < 1.29 is 14.2 Å². The standard InChI is InChI=1S/C14H21FN2O2/c1-10-9-19-13(8-18)7-17(10)6-12-4-2-3-11(5-16)14(12)15/h2-4,10,13,18H,5-9,16H2,1H3. The number of aliphatic hydroxyl groups excluding tert-OH is 1. The van der Waals surface area contributed by atoms with Crippen LogP contribution in [0.5, 0.6) is 0 Å². The first-order chi connectivity index (χ1) is 9.15. The highest BCUT2D eigenvalue weighted by Crippen LogP contribution is 2.19. The molecule has 2 atom stereocenters. The molecular formula is C14H21FN2O2. The number of morpholine rings is 1. The average molecular weight is 268 g/mol. The van der Waals surface area contributed by atoms with E-state index in [1.807, 2.05) is 13.0 Å². The van der Waals surface area contributed by atoms with Crippen molar-refractivity contribution in [2.75, 3.05) is 19.8 Å². The quantitative estimate of drug-likeness (QED) is 0.850. The van der Waals surface area contributed by atoms with E-state index in [2.05, 4.69) is 4.90 Å². The Morgan fingerprint density at radius 2 is 2.21 bits per heavy atom. The van der Waals surface area contributed by atoms with Crippen LogP contribution in [0.1, 0.15) is 18.1 Å². The summed E-state index contributed by atoms with van der Waals surface area (Å²) >= 11 is 0. The maximum Gasteiger partial charge on any atom is 0.132 e. The Morgan fingerprint density at radius 3 is 2.89 bits per heavy atom. The highest BCUT2D eigenvalue weighted by molar-refractivity contribution is 5.26. The van der Waals surface area contributed by atoms with Gasteiger partial charge in [-0.05, 0) is 6.92 Å². The molecule has 0 radical (unpaired) electrons. The molecule has 1 aliphatic rings. The lowest BCUT2D eigenvalue weighted by Gasteiger charge is -2.37. The van der Waals surface area contributed by atoms with Gasteiger partial charge in [-0.15, -0.1) is 0 Å². The number of nitrogens with zero attached hydrogens (tertiary/aromatic N) is 1. The maximum atomic E-state index is 14.1. The van der Waals surface area contributed by atoms with Gasteiger partial charge in [-0.3, -0.25) is 4.90 Å². The molecule has 0 bridgehead atoms. The molecule has 2 rings (SSSR count). The molecule has 5 heteroatoms. The first kappa shape index (κ1) is 14.4. The minimum atomic E-state index is -0.218. The fraction of sp³-hybridized carbons (Fsp3) is 0.571. The van der Waals surface area contributed by atoms with Crippen molar-refractivity contribution >= 4 is 0 Å². The van der Waals surface area contributed by atoms with E-state index in [1.165, 1.54) is 0 Å². The number of ether oxygens (including phenoxy) is 1. The fourth-order valence-corrected chi connectivity index (χ4v) is 2.34. The average Bonchev–Trinajstić information content (AvgIpc) is 2.43. The van der Waals surface area contributed by atoms with Crippen LogP contribution < -0.4 is 5.73 Å². The summed E-state index contributed by atoms with van der Waals surface area (Å²) in [6.45, 7) is 3.93. The third-order valence-corrected chi connectivity index (χ3v) is 3.59. The summed E-state index contributed by atoms with van der Waals surface area (Å²) in [5, 5.41) is 9.16. The number of aliphatic hydroxyl groups is 1. The summed E-state index contributed by atoms with van der Waals surface area (Å²) in [6.07, 6.45) is -0.183. The lowest BCUT2D eigenvalue weighted by atomic mass is 10.1. The van der Waals surface area contributed by atoms with Crippen LogP contribution >= 0.6 is 0 Å².